The minimum absolute atomic E-state index is 0.106. The van der Waals surface area contributed by atoms with Crippen molar-refractivity contribution in [1.29, 1.82) is 0 Å². The fourth-order valence-electron chi connectivity index (χ4n) is 6.33. The van der Waals surface area contributed by atoms with Crippen LogP contribution in [0.5, 0.6) is 11.5 Å². The third kappa shape index (κ3) is 5.02. The van der Waals surface area contributed by atoms with E-state index in [1.807, 2.05) is 54.6 Å². The van der Waals surface area contributed by atoms with E-state index in [0.717, 1.165) is 89.4 Å². The lowest BCUT2D eigenvalue weighted by Crippen LogP contribution is -2.42. The van der Waals surface area contributed by atoms with Crippen LogP contribution in [0.2, 0.25) is 5.02 Å². The van der Waals surface area contributed by atoms with Gasteiger partial charge in [-0.1, -0.05) is 35.9 Å². The largest absolute Gasteiger partial charge is 0.454 e. The molecule has 1 atom stereocenters. The zero-order valence-corrected chi connectivity index (χ0v) is 23.2. The number of pyridine rings is 1. The summed E-state index contributed by atoms with van der Waals surface area (Å²) >= 11 is 6.12. The monoisotopic (exact) mass is 553 g/mol. The standard InChI is InChI=1S/C33H32ClN3O3/c34-25-9-5-22(6-10-25)16-26-19-29(33(38)37-15-3-4-27(37)20-36-13-1-2-14-36)28-17-23(7-11-30(28)35-26)24-8-12-31-32(18-24)40-21-39-31/h5-12,17-19,27H,1-4,13-16,20-21H2/t27-/m0/s1. The van der Waals surface area contributed by atoms with Gasteiger partial charge in [0.25, 0.3) is 5.91 Å². The number of carbonyl (C=O) groups excluding carboxylic acids is 1. The zero-order valence-electron chi connectivity index (χ0n) is 22.4. The lowest BCUT2D eigenvalue weighted by atomic mass is 9.98. The predicted octanol–water partition coefficient (Wildman–Crippen LogP) is 6.58. The molecule has 0 N–H and O–H groups in total. The molecule has 6 nitrogen and oxygen atoms in total. The number of amides is 1. The highest BCUT2D eigenvalue weighted by molar-refractivity contribution is 6.30. The van der Waals surface area contributed by atoms with Crippen molar-refractivity contribution in [2.45, 2.75) is 38.1 Å². The lowest BCUT2D eigenvalue weighted by Gasteiger charge is -2.29. The lowest BCUT2D eigenvalue weighted by molar-refractivity contribution is 0.0710. The van der Waals surface area contributed by atoms with Crippen LogP contribution in [-0.2, 0) is 6.42 Å². The molecule has 7 rings (SSSR count). The van der Waals surface area contributed by atoms with Crippen LogP contribution in [0.25, 0.3) is 22.0 Å². The van der Waals surface area contributed by atoms with Crippen LogP contribution >= 0.6 is 11.6 Å². The van der Waals surface area contributed by atoms with Gasteiger partial charge in [0.05, 0.1) is 11.1 Å². The highest BCUT2D eigenvalue weighted by Crippen LogP contribution is 2.37. The van der Waals surface area contributed by atoms with Crippen molar-refractivity contribution in [3.8, 4) is 22.6 Å². The molecule has 4 heterocycles. The van der Waals surface area contributed by atoms with E-state index in [9.17, 15) is 4.79 Å². The molecule has 1 aromatic heterocycles. The second kappa shape index (κ2) is 10.8. The van der Waals surface area contributed by atoms with Gasteiger partial charge in [0.2, 0.25) is 6.79 Å². The summed E-state index contributed by atoms with van der Waals surface area (Å²) in [4.78, 5) is 24.0. The SMILES string of the molecule is O=C(c1cc(Cc2ccc(Cl)cc2)nc2ccc(-c3ccc4c(c3)OCO4)cc12)N1CCC[C@H]1CN1CCCC1. The topological polar surface area (TPSA) is 54.9 Å². The maximum Gasteiger partial charge on any atom is 0.254 e. The minimum atomic E-state index is 0.106. The average Bonchev–Trinajstić information content (AvgIpc) is 3.76. The third-order valence-corrected chi connectivity index (χ3v) is 8.65. The van der Waals surface area contributed by atoms with Crippen molar-refractivity contribution in [2.75, 3.05) is 33.0 Å². The van der Waals surface area contributed by atoms with Crippen molar-refractivity contribution in [1.82, 2.24) is 14.8 Å². The number of aromatic nitrogens is 1. The Labute approximate surface area is 239 Å². The van der Waals surface area contributed by atoms with E-state index < -0.39 is 0 Å². The number of hydrogen-bond acceptors (Lipinski definition) is 5. The second-order valence-electron chi connectivity index (χ2n) is 11.1. The molecule has 4 aromatic rings. The summed E-state index contributed by atoms with van der Waals surface area (Å²) in [5.41, 5.74) is 5.58. The van der Waals surface area contributed by atoms with Crippen molar-refractivity contribution < 1.29 is 14.3 Å². The van der Waals surface area contributed by atoms with Crippen molar-refractivity contribution >= 4 is 28.4 Å². The third-order valence-electron chi connectivity index (χ3n) is 8.40. The number of carbonyl (C=O) groups is 1. The van der Waals surface area contributed by atoms with E-state index in [4.69, 9.17) is 26.1 Å². The smallest absolute Gasteiger partial charge is 0.254 e. The van der Waals surface area contributed by atoms with Crippen LogP contribution in [0.15, 0.2) is 66.7 Å². The first kappa shape index (κ1) is 25.4. The molecule has 3 aliphatic heterocycles. The fourth-order valence-corrected chi connectivity index (χ4v) is 6.45. The Morgan fingerprint density at radius 3 is 2.50 bits per heavy atom. The molecular formula is C33H32ClN3O3. The molecule has 0 aliphatic carbocycles. The molecular weight excluding hydrogens is 522 g/mol. The Kier molecular flexibility index (Phi) is 6.82. The number of fused-ring (bicyclic) bond motifs is 2. The molecule has 3 aromatic carbocycles. The highest BCUT2D eigenvalue weighted by atomic mass is 35.5. The van der Waals surface area contributed by atoms with Crippen molar-refractivity contribution in [3.63, 3.8) is 0 Å². The first-order valence-corrected chi connectivity index (χ1v) is 14.6. The van der Waals surface area contributed by atoms with E-state index in [1.165, 1.54) is 12.8 Å². The second-order valence-corrected chi connectivity index (χ2v) is 11.5. The maximum atomic E-state index is 14.3. The van der Waals surface area contributed by atoms with Crippen LogP contribution in [0.1, 0.15) is 47.3 Å². The molecule has 3 aliphatic rings. The molecule has 0 radical (unpaired) electrons. The maximum absolute atomic E-state index is 14.3. The molecule has 0 saturated carbocycles. The molecule has 2 fully saturated rings. The van der Waals surface area contributed by atoms with Gasteiger partial charge in [-0.05, 0) is 97.9 Å². The highest BCUT2D eigenvalue weighted by Gasteiger charge is 2.32. The normalized spacial score (nSPS) is 18.6. The Balaban J connectivity index is 1.28. The van der Waals surface area contributed by atoms with E-state index >= 15 is 0 Å². The number of benzene rings is 3. The van der Waals surface area contributed by atoms with Crippen LogP contribution in [0.4, 0.5) is 0 Å². The Hall–Kier alpha value is -3.61. The molecule has 2 saturated heterocycles. The average molecular weight is 554 g/mol. The van der Waals surface area contributed by atoms with Gasteiger partial charge in [0.15, 0.2) is 11.5 Å². The summed E-state index contributed by atoms with van der Waals surface area (Å²) < 4.78 is 11.1. The number of likely N-dealkylation sites (tertiary alicyclic amines) is 2. The van der Waals surface area contributed by atoms with E-state index in [2.05, 4.69) is 21.9 Å². The van der Waals surface area contributed by atoms with Gasteiger partial charge in [-0.15, -0.1) is 0 Å². The van der Waals surface area contributed by atoms with Crippen LogP contribution < -0.4 is 9.47 Å². The number of ether oxygens (including phenoxy) is 2. The van der Waals surface area contributed by atoms with Gasteiger partial charge >= 0.3 is 0 Å². The van der Waals surface area contributed by atoms with Crippen molar-refractivity contribution in [2.24, 2.45) is 0 Å². The summed E-state index contributed by atoms with van der Waals surface area (Å²) in [6.07, 6.45) is 5.26. The summed E-state index contributed by atoms with van der Waals surface area (Å²) in [7, 11) is 0. The molecule has 0 bridgehead atoms. The number of nitrogens with zero attached hydrogens (tertiary/aromatic N) is 3. The van der Waals surface area contributed by atoms with E-state index in [-0.39, 0.29) is 18.7 Å². The summed E-state index contributed by atoms with van der Waals surface area (Å²) in [5.74, 6) is 1.61. The minimum Gasteiger partial charge on any atom is -0.454 e. The Morgan fingerprint density at radius 2 is 1.65 bits per heavy atom. The molecule has 204 valence electrons. The first-order valence-electron chi connectivity index (χ1n) is 14.2. The quantitative estimate of drug-likeness (QED) is 0.270. The zero-order chi connectivity index (χ0) is 27.1. The number of hydrogen-bond donors (Lipinski definition) is 0. The molecule has 1 amide bonds. The van der Waals surface area contributed by atoms with E-state index in [0.29, 0.717) is 11.4 Å². The fraction of sp³-hybridized carbons (Fsp3) is 0.333. The van der Waals surface area contributed by atoms with Gasteiger partial charge in [0.1, 0.15) is 0 Å². The van der Waals surface area contributed by atoms with Gasteiger partial charge < -0.3 is 19.3 Å². The summed E-state index contributed by atoms with van der Waals surface area (Å²) in [6, 6.07) is 22.3. The molecule has 40 heavy (non-hydrogen) atoms. The van der Waals surface area contributed by atoms with Gasteiger partial charge in [-0.25, -0.2) is 0 Å². The number of rotatable bonds is 6. The van der Waals surface area contributed by atoms with Gasteiger partial charge in [-0.2, -0.15) is 0 Å². The van der Waals surface area contributed by atoms with Crippen molar-refractivity contribution in [3.05, 3.63) is 88.6 Å². The Bertz CT molecular complexity index is 1570. The van der Waals surface area contributed by atoms with E-state index in [1.54, 1.807) is 0 Å². The number of halogens is 1. The van der Waals surface area contributed by atoms with Gasteiger partial charge in [0, 0.05) is 41.7 Å². The van der Waals surface area contributed by atoms with Gasteiger partial charge in [-0.3, -0.25) is 9.78 Å². The molecule has 0 spiro atoms. The van der Waals surface area contributed by atoms with Crippen LogP contribution in [-0.4, -0.2) is 59.7 Å². The molecule has 7 heteroatoms. The first-order chi connectivity index (χ1) is 19.6. The van der Waals surface area contributed by atoms with Crippen LogP contribution in [0, 0.1) is 0 Å². The summed E-state index contributed by atoms with van der Waals surface area (Å²) in [6.45, 7) is 4.29. The summed E-state index contributed by atoms with van der Waals surface area (Å²) in [5, 5.41) is 1.59. The van der Waals surface area contributed by atoms with Crippen LogP contribution in [0.3, 0.4) is 0 Å². The predicted molar refractivity (Wildman–Crippen MR) is 157 cm³/mol. The Morgan fingerprint density at radius 1 is 0.875 bits per heavy atom. The molecule has 0 unspecified atom stereocenters.